The third-order valence-electron chi connectivity index (χ3n) is 5.43. The first-order valence-electron chi connectivity index (χ1n) is 10.3. The molecule has 0 aliphatic rings. The molecular weight excluding hydrogens is 402 g/mol. The Hall–Kier alpha value is -4.26. The zero-order chi connectivity index (χ0) is 22.1. The molecule has 7 nitrogen and oxygen atoms in total. The quantitative estimate of drug-likeness (QED) is 0.437. The molecule has 3 aromatic carbocycles. The lowest BCUT2D eigenvalue weighted by Crippen LogP contribution is -2.19. The van der Waals surface area contributed by atoms with Crippen molar-refractivity contribution in [2.24, 2.45) is 0 Å². The topological polar surface area (TPSA) is 81.8 Å². The molecule has 7 heteroatoms. The number of para-hydroxylation sites is 2. The van der Waals surface area contributed by atoms with E-state index in [1.54, 1.807) is 6.20 Å². The van der Waals surface area contributed by atoms with Crippen molar-refractivity contribution in [2.75, 3.05) is 5.32 Å². The fourth-order valence-corrected chi connectivity index (χ4v) is 3.88. The van der Waals surface area contributed by atoms with Crippen molar-refractivity contribution in [3.8, 4) is 0 Å². The third kappa shape index (κ3) is 3.76. The number of pyridine rings is 1. The molecule has 2 aromatic heterocycles. The lowest BCUT2D eigenvalue weighted by atomic mass is 10.1. The van der Waals surface area contributed by atoms with Crippen LogP contribution in [-0.4, -0.2) is 25.5 Å². The minimum absolute atomic E-state index is 0.0175. The summed E-state index contributed by atoms with van der Waals surface area (Å²) in [7, 11) is 0. The summed E-state index contributed by atoms with van der Waals surface area (Å²) in [5.41, 5.74) is 4.26. The Bertz CT molecular complexity index is 1440. The number of hydrogen-bond acceptors (Lipinski definition) is 4. The molecule has 32 heavy (non-hydrogen) atoms. The molecule has 0 saturated heterocycles. The van der Waals surface area contributed by atoms with Crippen molar-refractivity contribution < 1.29 is 4.79 Å². The van der Waals surface area contributed by atoms with Crippen molar-refractivity contribution in [1.82, 2.24) is 19.6 Å². The Labute approximate surface area is 183 Å². The van der Waals surface area contributed by atoms with Crippen LogP contribution in [0.15, 0.2) is 83.8 Å². The molecule has 1 amide bonds. The van der Waals surface area contributed by atoms with E-state index in [2.05, 4.69) is 20.2 Å². The average molecular weight is 423 g/mol. The maximum absolute atomic E-state index is 12.9. The van der Waals surface area contributed by atoms with E-state index >= 15 is 0 Å². The summed E-state index contributed by atoms with van der Waals surface area (Å²) in [6, 6.07) is 22.7. The van der Waals surface area contributed by atoms with Crippen molar-refractivity contribution in [2.45, 2.75) is 20.0 Å². The van der Waals surface area contributed by atoms with Crippen molar-refractivity contribution in [3.63, 3.8) is 0 Å². The van der Waals surface area contributed by atoms with E-state index in [4.69, 9.17) is 0 Å². The van der Waals surface area contributed by atoms with E-state index in [-0.39, 0.29) is 17.9 Å². The van der Waals surface area contributed by atoms with Gasteiger partial charge in [0, 0.05) is 16.5 Å². The first-order chi connectivity index (χ1) is 15.6. The normalized spacial score (nSPS) is 11.2. The van der Waals surface area contributed by atoms with Gasteiger partial charge in [-0.2, -0.15) is 0 Å². The number of hydrogen-bond donors (Lipinski definition) is 1. The Balaban J connectivity index is 1.42. The predicted octanol–water partition coefficient (Wildman–Crippen LogP) is 3.74. The number of amides is 1. The molecule has 0 aliphatic carbocycles. The number of anilines is 1. The highest BCUT2D eigenvalue weighted by atomic mass is 16.2. The summed E-state index contributed by atoms with van der Waals surface area (Å²) in [5, 5.41) is 12.6. The van der Waals surface area contributed by atoms with E-state index in [9.17, 15) is 9.59 Å². The van der Waals surface area contributed by atoms with Gasteiger partial charge in [-0.3, -0.25) is 9.59 Å². The fourth-order valence-electron chi connectivity index (χ4n) is 3.88. The molecule has 5 rings (SSSR count). The monoisotopic (exact) mass is 423 g/mol. The van der Waals surface area contributed by atoms with Crippen LogP contribution in [0.5, 0.6) is 0 Å². The number of rotatable bonds is 5. The van der Waals surface area contributed by atoms with Gasteiger partial charge in [-0.15, -0.1) is 5.10 Å². The standard InChI is InChI=1S/C25H21N5O2/c1-17-10-12-18(13-11-17)26-24(31)16-29-14-19(27-28-29)15-30-22-8-4-2-6-20(22)25(32)21-7-3-5-9-23(21)30/h2-14H,15-16H2,1H3,(H,26,31). The number of nitrogens with zero attached hydrogens (tertiary/aromatic N) is 4. The Morgan fingerprint density at radius 3 is 2.19 bits per heavy atom. The highest BCUT2D eigenvalue weighted by Gasteiger charge is 2.13. The number of nitrogens with one attached hydrogen (secondary N) is 1. The van der Waals surface area contributed by atoms with Crippen LogP contribution >= 0.6 is 0 Å². The summed E-state index contributed by atoms with van der Waals surface area (Å²) >= 11 is 0. The lowest BCUT2D eigenvalue weighted by molar-refractivity contribution is -0.116. The minimum Gasteiger partial charge on any atom is -0.334 e. The second-order valence-electron chi connectivity index (χ2n) is 7.77. The van der Waals surface area contributed by atoms with Crippen molar-refractivity contribution >= 4 is 33.4 Å². The van der Waals surface area contributed by atoms with Gasteiger partial charge in [0.1, 0.15) is 12.2 Å². The van der Waals surface area contributed by atoms with Gasteiger partial charge < -0.3 is 9.88 Å². The zero-order valence-corrected chi connectivity index (χ0v) is 17.5. The van der Waals surface area contributed by atoms with Gasteiger partial charge in [-0.1, -0.05) is 47.2 Å². The summed E-state index contributed by atoms with van der Waals surface area (Å²) in [6.45, 7) is 2.49. The molecule has 5 aromatic rings. The van der Waals surface area contributed by atoms with E-state index < -0.39 is 0 Å². The molecule has 2 heterocycles. The summed E-state index contributed by atoms with van der Waals surface area (Å²) in [4.78, 5) is 25.3. The average Bonchev–Trinajstić information content (AvgIpc) is 3.25. The minimum atomic E-state index is -0.176. The fraction of sp³-hybridized carbons (Fsp3) is 0.120. The molecule has 0 saturated carbocycles. The molecule has 0 atom stereocenters. The summed E-state index contributed by atoms with van der Waals surface area (Å²) in [5.74, 6) is -0.176. The van der Waals surface area contributed by atoms with Crippen molar-refractivity contribution in [3.05, 3.63) is 100 Å². The second-order valence-corrected chi connectivity index (χ2v) is 7.77. The highest BCUT2D eigenvalue weighted by Crippen LogP contribution is 2.20. The van der Waals surface area contributed by atoms with E-state index in [1.807, 2.05) is 79.7 Å². The summed E-state index contributed by atoms with van der Waals surface area (Å²) in [6.07, 6.45) is 1.76. The van der Waals surface area contributed by atoms with Crippen LogP contribution in [0.1, 0.15) is 11.3 Å². The molecular formula is C25H21N5O2. The number of aryl methyl sites for hydroxylation is 1. The van der Waals surface area contributed by atoms with Gasteiger partial charge in [0.25, 0.3) is 0 Å². The SMILES string of the molecule is Cc1ccc(NC(=O)Cn2cc(Cn3c4ccccc4c(=O)c4ccccc43)nn2)cc1. The van der Waals surface area contributed by atoms with Gasteiger partial charge in [-0.25, -0.2) is 4.68 Å². The Kier molecular flexibility index (Phi) is 4.99. The third-order valence-corrected chi connectivity index (χ3v) is 5.43. The van der Waals surface area contributed by atoms with Crippen LogP contribution in [0.2, 0.25) is 0 Å². The number of carbonyl (C=O) groups excluding carboxylic acids is 1. The Morgan fingerprint density at radius 1 is 0.906 bits per heavy atom. The van der Waals surface area contributed by atoms with E-state index in [0.29, 0.717) is 23.0 Å². The summed E-state index contributed by atoms with van der Waals surface area (Å²) < 4.78 is 3.58. The smallest absolute Gasteiger partial charge is 0.246 e. The maximum Gasteiger partial charge on any atom is 0.246 e. The highest BCUT2D eigenvalue weighted by molar-refractivity contribution is 5.93. The van der Waals surface area contributed by atoms with Crippen LogP contribution < -0.4 is 10.7 Å². The van der Waals surface area contributed by atoms with Crippen LogP contribution in [0.4, 0.5) is 5.69 Å². The largest absolute Gasteiger partial charge is 0.334 e. The zero-order valence-electron chi connectivity index (χ0n) is 17.5. The number of aromatic nitrogens is 4. The second kappa shape index (κ2) is 8.11. The van der Waals surface area contributed by atoms with Crippen LogP contribution in [0.3, 0.4) is 0 Å². The van der Waals surface area contributed by atoms with E-state index in [0.717, 1.165) is 22.3 Å². The lowest BCUT2D eigenvalue weighted by Gasteiger charge is -2.13. The van der Waals surface area contributed by atoms with Gasteiger partial charge in [0.05, 0.1) is 23.8 Å². The number of benzene rings is 3. The van der Waals surface area contributed by atoms with Gasteiger partial charge >= 0.3 is 0 Å². The maximum atomic E-state index is 12.9. The molecule has 0 fully saturated rings. The van der Waals surface area contributed by atoms with Gasteiger partial charge in [-0.05, 0) is 43.3 Å². The molecule has 0 radical (unpaired) electrons. The molecule has 0 aliphatic heterocycles. The van der Waals surface area contributed by atoms with Gasteiger partial charge in [0.15, 0.2) is 5.43 Å². The Morgan fingerprint density at radius 2 is 1.53 bits per heavy atom. The number of fused-ring (bicyclic) bond motifs is 2. The van der Waals surface area contributed by atoms with Crippen molar-refractivity contribution in [1.29, 1.82) is 0 Å². The molecule has 158 valence electrons. The van der Waals surface area contributed by atoms with Crippen LogP contribution in [0.25, 0.3) is 21.8 Å². The van der Waals surface area contributed by atoms with Crippen LogP contribution in [-0.2, 0) is 17.9 Å². The number of carbonyl (C=O) groups is 1. The molecule has 0 unspecified atom stereocenters. The van der Waals surface area contributed by atoms with Crippen LogP contribution in [0, 0.1) is 6.92 Å². The van der Waals surface area contributed by atoms with Gasteiger partial charge in [0.2, 0.25) is 5.91 Å². The van der Waals surface area contributed by atoms with E-state index in [1.165, 1.54) is 4.68 Å². The first kappa shape index (κ1) is 19.7. The predicted molar refractivity (Wildman–Crippen MR) is 125 cm³/mol. The molecule has 1 N–H and O–H groups in total. The molecule has 0 bridgehead atoms. The molecule has 0 spiro atoms. The first-order valence-corrected chi connectivity index (χ1v) is 10.3.